The van der Waals surface area contributed by atoms with E-state index in [1.807, 2.05) is 0 Å². The van der Waals surface area contributed by atoms with Gasteiger partial charge in [-0.1, -0.05) is 0 Å². The number of amides is 1. The Balaban J connectivity index is 3.18. The molecule has 0 aliphatic heterocycles. The molecule has 0 bridgehead atoms. The van der Waals surface area contributed by atoms with Gasteiger partial charge in [0, 0.05) is 6.92 Å². The van der Waals surface area contributed by atoms with E-state index in [1.54, 1.807) is 5.48 Å². The quantitative estimate of drug-likeness (QED) is 0.386. The molecular weight excluding hydrogens is 134 g/mol. The Morgan fingerprint density at radius 3 is 2.50 bits per heavy atom. The van der Waals surface area contributed by atoms with Crippen LogP contribution in [0.15, 0.2) is 0 Å². The molecule has 6 heteroatoms. The van der Waals surface area contributed by atoms with Crippen LogP contribution in [0.5, 0.6) is 0 Å². The zero-order chi connectivity index (χ0) is 6.57. The summed E-state index contributed by atoms with van der Waals surface area (Å²) in [4.78, 5) is 9.84. The van der Waals surface area contributed by atoms with E-state index in [4.69, 9.17) is 0 Å². The summed E-state index contributed by atoms with van der Waals surface area (Å²) in [6.45, 7) is 1.13. The molecule has 8 heavy (non-hydrogen) atoms. The summed E-state index contributed by atoms with van der Waals surface area (Å²) in [5.74, 6) is -0.561. The lowest BCUT2D eigenvalue weighted by atomic mass is 10.8. The summed E-state index contributed by atoms with van der Waals surface area (Å²) >= 11 is -2.67. The van der Waals surface area contributed by atoms with Gasteiger partial charge in [-0.2, -0.15) is 4.28 Å². The van der Waals surface area contributed by atoms with Crippen molar-refractivity contribution in [3.8, 4) is 0 Å². The summed E-state index contributed by atoms with van der Waals surface area (Å²) in [5, 5.41) is 0. The molecule has 0 saturated heterocycles. The van der Waals surface area contributed by atoms with Crippen molar-refractivity contribution in [1.29, 1.82) is 0 Å². The minimum absolute atomic E-state index is 0.561. The predicted octanol–water partition coefficient (Wildman–Crippen LogP) is -1.15. The molecule has 0 aromatic rings. The fourth-order valence-electron chi connectivity index (χ4n) is 0.0927. The van der Waals surface area contributed by atoms with Gasteiger partial charge in [0.1, 0.15) is 11.4 Å². The van der Waals surface area contributed by atoms with Crippen molar-refractivity contribution in [3.05, 3.63) is 0 Å². The van der Waals surface area contributed by atoms with E-state index in [0.29, 0.717) is 0 Å². The van der Waals surface area contributed by atoms with Crippen LogP contribution in [0, 0.1) is 0 Å². The molecule has 0 aliphatic carbocycles. The predicted molar refractivity (Wildman–Crippen MR) is 23.8 cm³/mol. The highest BCUT2D eigenvalue weighted by atomic mass is 32.2. The maximum absolute atomic E-state index is 9.84. The van der Waals surface area contributed by atoms with E-state index in [9.17, 15) is 13.6 Å². The fourth-order valence-corrected chi connectivity index (χ4v) is 0.278. The average Bonchev–Trinajstić information content (AvgIpc) is 1.61. The van der Waals surface area contributed by atoms with Crippen LogP contribution >= 0.6 is 0 Å². The molecule has 0 fully saturated rings. The maximum atomic E-state index is 9.84. The second-order valence-corrected chi connectivity index (χ2v) is 1.52. The van der Waals surface area contributed by atoms with E-state index >= 15 is 0 Å². The number of hydroxylamine groups is 1. The third kappa shape index (κ3) is 5.54. The molecule has 48 valence electrons. The summed E-state index contributed by atoms with van der Waals surface area (Å²) < 4.78 is 22.6. The van der Waals surface area contributed by atoms with Crippen LogP contribution in [0.3, 0.4) is 0 Å². The SMILES string of the molecule is CC(=O)NOS(=O)[O-]. The first-order valence-electron chi connectivity index (χ1n) is 1.66. The highest BCUT2D eigenvalue weighted by Gasteiger charge is 1.86. The van der Waals surface area contributed by atoms with E-state index in [0.717, 1.165) is 6.92 Å². The molecule has 0 saturated carbocycles. The first-order valence-corrected chi connectivity index (χ1v) is 2.66. The van der Waals surface area contributed by atoms with Crippen LogP contribution in [0.1, 0.15) is 6.92 Å². The molecule has 1 amide bonds. The normalized spacial score (nSPS) is 12.8. The molecule has 0 spiro atoms. The number of hydrogen-bond donors (Lipinski definition) is 1. The molecule has 5 nitrogen and oxygen atoms in total. The number of carbonyl (C=O) groups is 1. The van der Waals surface area contributed by atoms with Crippen LogP contribution in [0.25, 0.3) is 0 Å². The maximum Gasteiger partial charge on any atom is 0.241 e. The average molecular weight is 138 g/mol. The van der Waals surface area contributed by atoms with Crippen LogP contribution in [0.4, 0.5) is 0 Å². The minimum Gasteiger partial charge on any atom is -0.748 e. The molecule has 0 aromatic carbocycles. The lowest BCUT2D eigenvalue weighted by molar-refractivity contribution is -0.125. The van der Waals surface area contributed by atoms with E-state index in [-0.39, 0.29) is 0 Å². The van der Waals surface area contributed by atoms with Gasteiger partial charge in [0.25, 0.3) is 0 Å². The summed E-state index contributed by atoms with van der Waals surface area (Å²) in [6.07, 6.45) is 0. The van der Waals surface area contributed by atoms with Crippen molar-refractivity contribution in [1.82, 2.24) is 5.48 Å². The second-order valence-electron chi connectivity index (χ2n) is 0.946. The Labute approximate surface area is 48.5 Å². The third-order valence-corrected chi connectivity index (χ3v) is 0.473. The molecule has 0 rings (SSSR count). The smallest absolute Gasteiger partial charge is 0.241 e. The Morgan fingerprint density at radius 2 is 2.38 bits per heavy atom. The zero-order valence-electron chi connectivity index (χ0n) is 4.04. The Kier molecular flexibility index (Phi) is 3.33. The zero-order valence-corrected chi connectivity index (χ0v) is 4.86. The largest absolute Gasteiger partial charge is 0.748 e. The highest BCUT2D eigenvalue weighted by Crippen LogP contribution is 1.69. The molecule has 1 unspecified atom stereocenters. The van der Waals surface area contributed by atoms with Crippen molar-refractivity contribution in [3.63, 3.8) is 0 Å². The number of carbonyl (C=O) groups excluding carboxylic acids is 1. The number of rotatable bonds is 2. The Bertz CT molecular complexity index is 98.6. The van der Waals surface area contributed by atoms with Gasteiger partial charge in [-0.15, -0.1) is 0 Å². The van der Waals surface area contributed by atoms with Crippen molar-refractivity contribution < 1.29 is 17.8 Å². The van der Waals surface area contributed by atoms with Crippen molar-refractivity contribution in [2.24, 2.45) is 0 Å². The molecular formula is C2H4NO4S-. The fraction of sp³-hybridized carbons (Fsp3) is 0.500. The van der Waals surface area contributed by atoms with Gasteiger partial charge >= 0.3 is 0 Å². The molecule has 0 aromatic heterocycles. The van der Waals surface area contributed by atoms with Crippen molar-refractivity contribution in [2.45, 2.75) is 6.92 Å². The first-order chi connectivity index (χ1) is 3.63. The van der Waals surface area contributed by atoms with Crippen LogP contribution < -0.4 is 5.48 Å². The molecule has 0 heterocycles. The van der Waals surface area contributed by atoms with Gasteiger partial charge in [0.2, 0.25) is 5.91 Å². The summed E-state index contributed by atoms with van der Waals surface area (Å²) in [7, 11) is 0. The van der Waals surface area contributed by atoms with Gasteiger partial charge in [-0.05, 0) is 0 Å². The van der Waals surface area contributed by atoms with Crippen molar-refractivity contribution >= 4 is 17.3 Å². The lowest BCUT2D eigenvalue weighted by Crippen LogP contribution is -2.21. The number of nitrogens with one attached hydrogen (secondary N) is 1. The minimum atomic E-state index is -2.67. The lowest BCUT2D eigenvalue weighted by Gasteiger charge is -2.02. The van der Waals surface area contributed by atoms with Crippen LogP contribution in [-0.2, 0) is 20.4 Å². The molecule has 1 N–H and O–H groups in total. The number of hydrogen-bond acceptors (Lipinski definition) is 4. The topological polar surface area (TPSA) is 78.5 Å². The van der Waals surface area contributed by atoms with E-state index in [1.165, 1.54) is 0 Å². The van der Waals surface area contributed by atoms with Gasteiger partial charge in [0.05, 0.1) is 0 Å². The van der Waals surface area contributed by atoms with Gasteiger partial charge in [-0.3, -0.25) is 4.79 Å². The van der Waals surface area contributed by atoms with Crippen LogP contribution in [-0.4, -0.2) is 14.7 Å². The van der Waals surface area contributed by atoms with Gasteiger partial charge in [-0.25, -0.2) is 9.69 Å². The first kappa shape index (κ1) is 7.54. The van der Waals surface area contributed by atoms with Gasteiger partial charge in [0.15, 0.2) is 0 Å². The highest BCUT2D eigenvalue weighted by molar-refractivity contribution is 7.74. The summed E-state index contributed by atoms with van der Waals surface area (Å²) in [5.41, 5.74) is 1.59. The second kappa shape index (κ2) is 3.53. The Hall–Kier alpha value is -0.460. The molecule has 0 aliphatic rings. The molecule has 0 radical (unpaired) electrons. The standard InChI is InChI=1S/C2H5NO4S/c1-2(4)3-7-8(5)6/h1H3,(H,3,4)(H,5,6)/p-1. The van der Waals surface area contributed by atoms with E-state index in [2.05, 4.69) is 4.28 Å². The monoisotopic (exact) mass is 138 g/mol. The van der Waals surface area contributed by atoms with Crippen LogP contribution in [0.2, 0.25) is 0 Å². The summed E-state index contributed by atoms with van der Waals surface area (Å²) in [6, 6.07) is 0. The van der Waals surface area contributed by atoms with Gasteiger partial charge < -0.3 is 4.55 Å². The third-order valence-electron chi connectivity index (χ3n) is 0.253. The van der Waals surface area contributed by atoms with E-state index < -0.39 is 17.3 Å². The Morgan fingerprint density at radius 1 is 1.88 bits per heavy atom. The molecule has 1 atom stereocenters. The van der Waals surface area contributed by atoms with Crippen molar-refractivity contribution in [2.75, 3.05) is 0 Å².